The van der Waals surface area contributed by atoms with E-state index in [1.54, 1.807) is 13.1 Å². The molecule has 4 nitrogen and oxygen atoms in total. The van der Waals surface area contributed by atoms with E-state index >= 15 is 0 Å². The summed E-state index contributed by atoms with van der Waals surface area (Å²) in [7, 11) is 1.65. The number of hydrogen-bond donors (Lipinski definition) is 2. The second-order valence-corrected chi connectivity index (χ2v) is 3.64. The maximum Gasteiger partial charge on any atom is 0.248 e. The van der Waals surface area contributed by atoms with Crippen LogP contribution in [0, 0.1) is 5.82 Å². The number of nitrogens with one attached hydrogen (secondary N) is 1. The van der Waals surface area contributed by atoms with Crippen molar-refractivity contribution in [1.29, 1.82) is 0 Å². The number of β-amino-alcohol motifs (C(OH)–C–C–N with tert-alkyl or cyclic N) is 1. The Hall–Kier alpha value is -1.46. The highest BCUT2D eigenvalue weighted by Gasteiger charge is 2.35. The smallest absolute Gasteiger partial charge is 0.248 e. The Morgan fingerprint density at radius 3 is 2.94 bits per heavy atom. The first-order valence-electron chi connectivity index (χ1n) is 5.08. The highest BCUT2D eigenvalue weighted by atomic mass is 19.1. The first kappa shape index (κ1) is 11.0. The van der Waals surface area contributed by atoms with Gasteiger partial charge >= 0.3 is 0 Å². The van der Waals surface area contributed by atoms with Gasteiger partial charge in [-0.05, 0) is 25.2 Å². The summed E-state index contributed by atoms with van der Waals surface area (Å²) in [4.78, 5) is 13.4. The molecule has 16 heavy (non-hydrogen) atoms. The predicted octanol–water partition coefficient (Wildman–Crippen LogP) is 0.425. The Morgan fingerprint density at radius 2 is 2.31 bits per heavy atom. The van der Waals surface area contributed by atoms with Crippen LogP contribution in [0.15, 0.2) is 18.2 Å². The average Bonchev–Trinajstić information content (AvgIpc) is 2.52. The lowest BCUT2D eigenvalue weighted by Gasteiger charge is -2.16. The summed E-state index contributed by atoms with van der Waals surface area (Å²) in [6, 6.07) is 3.72. The van der Waals surface area contributed by atoms with Gasteiger partial charge in [0.15, 0.2) is 0 Å². The van der Waals surface area contributed by atoms with E-state index in [0.717, 1.165) is 0 Å². The highest BCUT2D eigenvalue weighted by Crippen LogP contribution is 2.35. The fourth-order valence-corrected chi connectivity index (χ4v) is 2.02. The molecule has 2 rings (SSSR count). The summed E-state index contributed by atoms with van der Waals surface area (Å²) in [6.07, 6.45) is 0. The summed E-state index contributed by atoms with van der Waals surface area (Å²) in [5.41, 5.74) is 1.29. The van der Waals surface area contributed by atoms with Crippen molar-refractivity contribution >= 4 is 11.6 Å². The first-order chi connectivity index (χ1) is 7.69. The fraction of sp³-hybridized carbons (Fsp3) is 0.364. The molecule has 0 saturated carbocycles. The van der Waals surface area contributed by atoms with E-state index in [2.05, 4.69) is 5.32 Å². The molecule has 86 valence electrons. The Kier molecular flexibility index (Phi) is 2.89. The van der Waals surface area contributed by atoms with Crippen molar-refractivity contribution in [3.05, 3.63) is 29.6 Å². The lowest BCUT2D eigenvalue weighted by atomic mass is 10.1. The number of amides is 1. The van der Waals surface area contributed by atoms with Gasteiger partial charge in [0.2, 0.25) is 5.91 Å². The normalized spacial score (nSPS) is 19.1. The molecule has 0 radical (unpaired) electrons. The predicted molar refractivity (Wildman–Crippen MR) is 57.6 cm³/mol. The number of aliphatic hydroxyl groups excluding tert-OH is 1. The van der Waals surface area contributed by atoms with Crippen LogP contribution in [-0.4, -0.2) is 31.2 Å². The number of aliphatic hydroxyl groups is 1. The number of benzene rings is 1. The number of carbonyl (C=O) groups excluding carboxylic acids is 1. The molecule has 1 aromatic rings. The number of nitrogens with zero attached hydrogens (tertiary/aromatic N) is 1. The van der Waals surface area contributed by atoms with Crippen LogP contribution in [0.4, 0.5) is 10.1 Å². The van der Waals surface area contributed by atoms with Gasteiger partial charge in [0.25, 0.3) is 0 Å². The summed E-state index contributed by atoms with van der Waals surface area (Å²) < 4.78 is 13.1. The van der Waals surface area contributed by atoms with Crippen molar-refractivity contribution < 1.29 is 14.3 Å². The molecule has 1 atom stereocenters. The van der Waals surface area contributed by atoms with Crippen LogP contribution in [0.25, 0.3) is 0 Å². The molecule has 1 aliphatic heterocycles. The SMILES string of the molecule is CNC1C(=O)N(CCO)c2ccc(F)cc21. The second-order valence-electron chi connectivity index (χ2n) is 3.64. The number of rotatable bonds is 3. The van der Waals surface area contributed by atoms with Crippen LogP contribution >= 0.6 is 0 Å². The molecule has 0 bridgehead atoms. The Labute approximate surface area is 92.7 Å². The molecule has 0 saturated heterocycles. The molecule has 2 N–H and O–H groups in total. The first-order valence-corrected chi connectivity index (χ1v) is 5.08. The lowest BCUT2D eigenvalue weighted by Crippen LogP contribution is -2.35. The van der Waals surface area contributed by atoms with Gasteiger partial charge in [0, 0.05) is 17.8 Å². The van der Waals surface area contributed by atoms with Gasteiger partial charge in [-0.25, -0.2) is 4.39 Å². The van der Waals surface area contributed by atoms with Gasteiger partial charge in [-0.1, -0.05) is 0 Å². The molecular weight excluding hydrogens is 211 g/mol. The van der Waals surface area contributed by atoms with Crippen molar-refractivity contribution in [2.75, 3.05) is 25.1 Å². The van der Waals surface area contributed by atoms with Gasteiger partial charge in [0.1, 0.15) is 11.9 Å². The third kappa shape index (κ3) is 1.58. The molecule has 0 aliphatic carbocycles. The second kappa shape index (κ2) is 4.19. The van der Waals surface area contributed by atoms with Crippen LogP contribution < -0.4 is 10.2 Å². The molecule has 1 unspecified atom stereocenters. The quantitative estimate of drug-likeness (QED) is 0.782. The van der Waals surface area contributed by atoms with Crippen LogP contribution in [0.5, 0.6) is 0 Å². The number of anilines is 1. The summed E-state index contributed by atoms with van der Waals surface area (Å²) >= 11 is 0. The van der Waals surface area contributed by atoms with E-state index in [1.807, 2.05) is 0 Å². The van der Waals surface area contributed by atoms with E-state index in [-0.39, 0.29) is 24.9 Å². The third-order valence-corrected chi connectivity index (χ3v) is 2.72. The zero-order valence-electron chi connectivity index (χ0n) is 8.90. The van der Waals surface area contributed by atoms with E-state index in [9.17, 15) is 9.18 Å². The number of halogens is 1. The van der Waals surface area contributed by atoms with Gasteiger partial charge in [0.05, 0.1) is 6.61 Å². The molecular formula is C11H13FN2O2. The Morgan fingerprint density at radius 1 is 1.56 bits per heavy atom. The van der Waals surface area contributed by atoms with Crippen molar-refractivity contribution in [2.24, 2.45) is 0 Å². The molecule has 1 aromatic carbocycles. The van der Waals surface area contributed by atoms with Crippen LogP contribution in [0.3, 0.4) is 0 Å². The molecule has 1 amide bonds. The number of likely N-dealkylation sites (N-methyl/N-ethyl adjacent to an activating group) is 1. The topological polar surface area (TPSA) is 52.6 Å². The van der Waals surface area contributed by atoms with Crippen LogP contribution in [0.1, 0.15) is 11.6 Å². The van der Waals surface area contributed by atoms with Crippen LogP contribution in [0.2, 0.25) is 0 Å². The van der Waals surface area contributed by atoms with Gasteiger partial charge < -0.3 is 15.3 Å². The average molecular weight is 224 g/mol. The van der Waals surface area contributed by atoms with Crippen LogP contribution in [-0.2, 0) is 4.79 Å². The lowest BCUT2D eigenvalue weighted by molar-refractivity contribution is -0.120. The largest absolute Gasteiger partial charge is 0.395 e. The molecule has 1 heterocycles. The molecule has 0 aromatic heterocycles. The maximum absolute atomic E-state index is 13.1. The van der Waals surface area contributed by atoms with Gasteiger partial charge in [-0.3, -0.25) is 4.79 Å². The summed E-state index contributed by atoms with van der Waals surface area (Å²) in [6.45, 7) is 0.120. The minimum Gasteiger partial charge on any atom is -0.395 e. The summed E-state index contributed by atoms with van der Waals surface area (Å²) in [5.74, 6) is -0.519. The van der Waals surface area contributed by atoms with Crippen molar-refractivity contribution in [3.63, 3.8) is 0 Å². The summed E-state index contributed by atoms with van der Waals surface area (Å²) in [5, 5.41) is 11.7. The molecule has 5 heteroatoms. The number of fused-ring (bicyclic) bond motifs is 1. The number of hydrogen-bond acceptors (Lipinski definition) is 3. The van der Waals surface area contributed by atoms with Gasteiger partial charge in [-0.2, -0.15) is 0 Å². The fourth-order valence-electron chi connectivity index (χ4n) is 2.02. The minimum atomic E-state index is -0.516. The highest BCUT2D eigenvalue weighted by molar-refractivity contribution is 6.04. The standard InChI is InChI=1S/C11H13FN2O2/c1-13-10-8-6-7(12)2-3-9(8)14(4-5-15)11(10)16/h2-3,6,10,13,15H,4-5H2,1H3. The molecule has 1 aliphatic rings. The van der Waals surface area contributed by atoms with E-state index in [1.165, 1.54) is 17.0 Å². The Balaban J connectivity index is 2.46. The number of carbonyl (C=O) groups is 1. The molecule has 0 fully saturated rings. The minimum absolute atomic E-state index is 0.112. The van der Waals surface area contributed by atoms with Crippen molar-refractivity contribution in [3.8, 4) is 0 Å². The third-order valence-electron chi connectivity index (χ3n) is 2.72. The van der Waals surface area contributed by atoms with Gasteiger partial charge in [-0.15, -0.1) is 0 Å². The van der Waals surface area contributed by atoms with Crippen molar-refractivity contribution in [2.45, 2.75) is 6.04 Å². The monoisotopic (exact) mass is 224 g/mol. The maximum atomic E-state index is 13.1. The van der Waals surface area contributed by atoms with E-state index in [0.29, 0.717) is 11.3 Å². The Bertz CT molecular complexity index is 422. The zero-order valence-corrected chi connectivity index (χ0v) is 8.90. The zero-order chi connectivity index (χ0) is 11.7. The van der Waals surface area contributed by atoms with E-state index < -0.39 is 6.04 Å². The van der Waals surface area contributed by atoms with E-state index in [4.69, 9.17) is 5.11 Å². The van der Waals surface area contributed by atoms with Crippen molar-refractivity contribution in [1.82, 2.24) is 5.32 Å². The molecule has 0 spiro atoms.